The molecule has 0 aromatic heterocycles. The Hall–Kier alpha value is -3.43. The van der Waals surface area contributed by atoms with Gasteiger partial charge in [-0.05, 0) is 41.0 Å². The molecule has 9 heteroatoms. The fraction of sp³-hybridized carbons (Fsp3) is 0.423. The smallest absolute Gasteiger partial charge is 0.407 e. The number of rotatable bonds is 10. The predicted octanol–water partition coefficient (Wildman–Crippen LogP) is 3.23. The van der Waals surface area contributed by atoms with E-state index in [0.717, 1.165) is 41.5 Å². The lowest BCUT2D eigenvalue weighted by Gasteiger charge is -2.22. The first-order valence-corrected chi connectivity index (χ1v) is 11.8. The number of alkyl carbamates (subject to hydrolysis) is 1. The van der Waals surface area contributed by atoms with Gasteiger partial charge in [0.25, 0.3) is 0 Å². The van der Waals surface area contributed by atoms with Crippen LogP contribution in [0.4, 0.5) is 4.79 Å². The fourth-order valence-corrected chi connectivity index (χ4v) is 4.99. The number of nitrogens with one attached hydrogen (secondary N) is 2. The van der Waals surface area contributed by atoms with Crippen LogP contribution in [-0.2, 0) is 23.9 Å². The SMILES string of the molecule is COCC(ONC(=O)C[C@@H]1CCC[C@H]1NC(=O)OCC1c2ccccc2-c2ccccc21)C(=O)O. The standard InChI is InChI=1S/C26H30N2O7/c1-33-15-23(25(30)31)35-28-24(29)13-16-7-6-12-22(16)27-26(32)34-14-21-19-10-4-2-8-17(19)18-9-3-5-11-20(18)21/h2-5,8-11,16,21-23H,6-7,12-15H2,1H3,(H,27,32)(H,28,29)(H,30,31)/t16-,22+,23?/m0/s1. The van der Waals surface area contributed by atoms with Gasteiger partial charge in [0.1, 0.15) is 6.61 Å². The molecule has 1 fully saturated rings. The lowest BCUT2D eigenvalue weighted by atomic mass is 9.98. The molecular formula is C26H30N2O7. The van der Waals surface area contributed by atoms with Crippen molar-refractivity contribution < 1.29 is 33.8 Å². The number of methoxy groups -OCH3 is 1. The van der Waals surface area contributed by atoms with Gasteiger partial charge in [0, 0.05) is 25.5 Å². The Morgan fingerprint density at radius 3 is 2.31 bits per heavy atom. The van der Waals surface area contributed by atoms with Gasteiger partial charge >= 0.3 is 12.1 Å². The summed E-state index contributed by atoms with van der Waals surface area (Å²) in [7, 11) is 1.35. The van der Waals surface area contributed by atoms with Crippen LogP contribution in [0.1, 0.15) is 42.7 Å². The minimum Gasteiger partial charge on any atom is -0.479 e. The topological polar surface area (TPSA) is 123 Å². The van der Waals surface area contributed by atoms with E-state index in [1.165, 1.54) is 7.11 Å². The van der Waals surface area contributed by atoms with E-state index in [0.29, 0.717) is 0 Å². The first-order valence-electron chi connectivity index (χ1n) is 11.8. The van der Waals surface area contributed by atoms with Gasteiger partial charge in [0.15, 0.2) is 0 Å². The molecule has 0 saturated heterocycles. The fourth-order valence-electron chi connectivity index (χ4n) is 4.99. The van der Waals surface area contributed by atoms with Gasteiger partial charge in [-0.2, -0.15) is 0 Å². The highest BCUT2D eigenvalue weighted by Gasteiger charge is 2.33. The molecule has 1 unspecified atom stereocenters. The van der Waals surface area contributed by atoms with Crippen molar-refractivity contribution in [2.45, 2.75) is 43.7 Å². The first kappa shape index (κ1) is 24.7. The maximum atomic E-state index is 12.6. The van der Waals surface area contributed by atoms with Gasteiger partial charge in [0.2, 0.25) is 12.0 Å². The normalized spacial score (nSPS) is 19.5. The summed E-state index contributed by atoms with van der Waals surface area (Å²) in [5.74, 6) is -1.80. The summed E-state index contributed by atoms with van der Waals surface area (Å²) < 4.78 is 10.4. The van der Waals surface area contributed by atoms with Crippen molar-refractivity contribution in [1.82, 2.24) is 10.8 Å². The Labute approximate surface area is 203 Å². The molecule has 0 heterocycles. The van der Waals surface area contributed by atoms with Crippen LogP contribution in [0.2, 0.25) is 0 Å². The van der Waals surface area contributed by atoms with E-state index in [1.54, 1.807) is 0 Å². The molecule has 2 aliphatic rings. The molecule has 2 aromatic rings. The van der Waals surface area contributed by atoms with Crippen LogP contribution in [-0.4, -0.2) is 55.5 Å². The molecule has 2 aromatic carbocycles. The minimum absolute atomic E-state index is 0.0234. The lowest BCUT2D eigenvalue weighted by molar-refractivity contribution is -0.165. The average molecular weight is 483 g/mol. The van der Waals surface area contributed by atoms with Crippen LogP contribution in [0.5, 0.6) is 0 Å². The zero-order valence-corrected chi connectivity index (χ0v) is 19.6. The summed E-state index contributed by atoms with van der Waals surface area (Å²) in [6.45, 7) is 0.0344. The number of carboxylic acids is 1. The van der Waals surface area contributed by atoms with E-state index in [-0.39, 0.29) is 37.5 Å². The molecule has 4 rings (SSSR count). The molecule has 2 aliphatic carbocycles. The van der Waals surface area contributed by atoms with Gasteiger partial charge in [-0.25, -0.2) is 15.1 Å². The number of carboxylic acid groups (broad SMARTS) is 1. The van der Waals surface area contributed by atoms with Gasteiger partial charge in [0.05, 0.1) is 6.61 Å². The van der Waals surface area contributed by atoms with Crippen molar-refractivity contribution in [3.63, 3.8) is 0 Å². The summed E-state index contributed by atoms with van der Waals surface area (Å²) in [6, 6.07) is 16.1. The lowest BCUT2D eigenvalue weighted by Crippen LogP contribution is -2.41. The Balaban J connectivity index is 1.28. The number of carbonyl (C=O) groups excluding carboxylic acids is 2. The first-order chi connectivity index (χ1) is 17.0. The molecule has 186 valence electrons. The van der Waals surface area contributed by atoms with E-state index >= 15 is 0 Å². The van der Waals surface area contributed by atoms with Crippen molar-refractivity contribution in [3.05, 3.63) is 59.7 Å². The number of hydroxylamine groups is 1. The summed E-state index contributed by atoms with van der Waals surface area (Å²) in [5, 5.41) is 12.0. The summed E-state index contributed by atoms with van der Waals surface area (Å²) in [6.07, 6.45) is 0.683. The van der Waals surface area contributed by atoms with Crippen molar-refractivity contribution in [2.24, 2.45) is 5.92 Å². The van der Waals surface area contributed by atoms with Crippen LogP contribution in [0.25, 0.3) is 11.1 Å². The number of ether oxygens (including phenoxy) is 2. The number of hydrogen-bond donors (Lipinski definition) is 3. The Bertz CT molecular complexity index is 1030. The maximum Gasteiger partial charge on any atom is 0.407 e. The molecule has 9 nitrogen and oxygen atoms in total. The molecule has 0 radical (unpaired) electrons. The molecule has 35 heavy (non-hydrogen) atoms. The summed E-state index contributed by atoms with van der Waals surface area (Å²) in [4.78, 5) is 41.0. The van der Waals surface area contributed by atoms with Crippen molar-refractivity contribution >= 4 is 18.0 Å². The zero-order chi connectivity index (χ0) is 24.8. The van der Waals surface area contributed by atoms with Gasteiger partial charge < -0.3 is 19.9 Å². The van der Waals surface area contributed by atoms with E-state index < -0.39 is 24.1 Å². The second kappa shape index (κ2) is 11.3. The number of aliphatic carboxylic acids is 1. The predicted molar refractivity (Wildman–Crippen MR) is 126 cm³/mol. The van der Waals surface area contributed by atoms with Gasteiger partial charge in [-0.3, -0.25) is 9.63 Å². The third-order valence-corrected chi connectivity index (χ3v) is 6.66. The second-order valence-corrected chi connectivity index (χ2v) is 8.90. The second-order valence-electron chi connectivity index (χ2n) is 8.90. The van der Waals surface area contributed by atoms with Crippen molar-refractivity contribution in [1.29, 1.82) is 0 Å². The van der Waals surface area contributed by atoms with Crippen LogP contribution < -0.4 is 10.8 Å². The number of carbonyl (C=O) groups is 3. The van der Waals surface area contributed by atoms with E-state index in [4.69, 9.17) is 19.4 Å². The molecule has 0 aliphatic heterocycles. The van der Waals surface area contributed by atoms with Crippen molar-refractivity contribution in [2.75, 3.05) is 20.3 Å². The number of fused-ring (bicyclic) bond motifs is 3. The van der Waals surface area contributed by atoms with E-state index in [1.807, 2.05) is 24.3 Å². The number of hydrogen-bond acceptors (Lipinski definition) is 6. The van der Waals surface area contributed by atoms with E-state index in [2.05, 4.69) is 35.1 Å². The number of amides is 2. The minimum atomic E-state index is -1.29. The quantitative estimate of drug-likeness (QED) is 0.444. The van der Waals surface area contributed by atoms with Gasteiger partial charge in [-0.1, -0.05) is 55.0 Å². The Morgan fingerprint density at radius 1 is 1.03 bits per heavy atom. The van der Waals surface area contributed by atoms with E-state index in [9.17, 15) is 14.4 Å². The maximum absolute atomic E-state index is 12.6. The van der Waals surface area contributed by atoms with Crippen LogP contribution >= 0.6 is 0 Å². The highest BCUT2D eigenvalue weighted by molar-refractivity contribution is 5.79. The summed E-state index contributed by atoms with van der Waals surface area (Å²) in [5.41, 5.74) is 6.80. The third-order valence-electron chi connectivity index (χ3n) is 6.66. The molecule has 2 amide bonds. The Kier molecular flexibility index (Phi) is 7.99. The molecule has 3 N–H and O–H groups in total. The van der Waals surface area contributed by atoms with Crippen LogP contribution in [0, 0.1) is 5.92 Å². The molecular weight excluding hydrogens is 452 g/mol. The largest absolute Gasteiger partial charge is 0.479 e. The third kappa shape index (κ3) is 5.80. The average Bonchev–Trinajstić information content (AvgIpc) is 3.42. The van der Waals surface area contributed by atoms with Crippen LogP contribution in [0.15, 0.2) is 48.5 Å². The van der Waals surface area contributed by atoms with Gasteiger partial charge in [-0.15, -0.1) is 0 Å². The number of benzene rings is 2. The Morgan fingerprint density at radius 2 is 1.69 bits per heavy atom. The molecule has 0 spiro atoms. The zero-order valence-electron chi connectivity index (χ0n) is 19.6. The highest BCUT2D eigenvalue weighted by Crippen LogP contribution is 2.44. The van der Waals surface area contributed by atoms with Crippen LogP contribution in [0.3, 0.4) is 0 Å². The molecule has 3 atom stereocenters. The van der Waals surface area contributed by atoms with Crippen molar-refractivity contribution in [3.8, 4) is 11.1 Å². The monoisotopic (exact) mass is 482 g/mol. The highest BCUT2D eigenvalue weighted by atomic mass is 16.7. The molecule has 1 saturated carbocycles. The summed E-state index contributed by atoms with van der Waals surface area (Å²) >= 11 is 0. The molecule has 0 bridgehead atoms.